The van der Waals surface area contributed by atoms with Gasteiger partial charge in [-0.2, -0.15) is 0 Å². The molecule has 18 heavy (non-hydrogen) atoms. The first-order chi connectivity index (χ1) is 8.52. The molecule has 1 aliphatic heterocycles. The van der Waals surface area contributed by atoms with Crippen molar-refractivity contribution in [2.24, 2.45) is 11.7 Å². The van der Waals surface area contributed by atoms with Crippen molar-refractivity contribution in [2.75, 3.05) is 18.0 Å². The Bertz CT molecular complexity index is 499. The summed E-state index contributed by atoms with van der Waals surface area (Å²) >= 11 is 0. The number of carbonyl (C=O) groups is 2. The van der Waals surface area contributed by atoms with Gasteiger partial charge in [-0.25, -0.2) is 4.79 Å². The Morgan fingerprint density at radius 3 is 2.83 bits per heavy atom. The molecule has 0 radical (unpaired) electrons. The standard InChI is InChI=1S/C13H16N2O3/c1-8-2-3-10(5-11(8)13(17)18)15-7-9(6-14)4-12(15)16/h2-3,5,9H,4,6-7,14H2,1H3,(H,17,18). The number of benzene rings is 1. The van der Waals surface area contributed by atoms with Gasteiger partial charge in [0.2, 0.25) is 5.91 Å². The van der Waals surface area contributed by atoms with E-state index in [0.717, 1.165) is 0 Å². The summed E-state index contributed by atoms with van der Waals surface area (Å²) in [4.78, 5) is 24.5. The predicted octanol–water partition coefficient (Wildman–Crippen LogP) is 1.00. The van der Waals surface area contributed by atoms with Crippen LogP contribution >= 0.6 is 0 Å². The molecule has 1 aliphatic rings. The Balaban J connectivity index is 2.32. The van der Waals surface area contributed by atoms with Crippen molar-refractivity contribution < 1.29 is 14.7 Å². The zero-order valence-corrected chi connectivity index (χ0v) is 10.2. The number of nitrogens with zero attached hydrogens (tertiary/aromatic N) is 1. The van der Waals surface area contributed by atoms with Crippen LogP contribution in [0.25, 0.3) is 0 Å². The van der Waals surface area contributed by atoms with E-state index in [-0.39, 0.29) is 17.4 Å². The molecule has 1 fully saturated rings. The van der Waals surface area contributed by atoms with E-state index in [4.69, 9.17) is 10.8 Å². The lowest BCUT2D eigenvalue weighted by molar-refractivity contribution is -0.117. The fraction of sp³-hybridized carbons (Fsp3) is 0.385. The lowest BCUT2D eigenvalue weighted by Gasteiger charge is -2.17. The molecule has 0 aromatic heterocycles. The maximum Gasteiger partial charge on any atom is 0.336 e. The Hall–Kier alpha value is -1.88. The van der Waals surface area contributed by atoms with E-state index < -0.39 is 5.97 Å². The first kappa shape index (κ1) is 12.6. The van der Waals surface area contributed by atoms with Crippen LogP contribution in [-0.2, 0) is 4.79 Å². The first-order valence-corrected chi connectivity index (χ1v) is 5.87. The van der Waals surface area contributed by atoms with Gasteiger partial charge < -0.3 is 15.7 Å². The maximum atomic E-state index is 11.8. The Morgan fingerprint density at radius 2 is 2.28 bits per heavy atom. The fourth-order valence-electron chi connectivity index (χ4n) is 2.20. The molecule has 1 atom stereocenters. The molecule has 1 aromatic rings. The van der Waals surface area contributed by atoms with Gasteiger partial charge >= 0.3 is 5.97 Å². The van der Waals surface area contributed by atoms with Crippen LogP contribution in [0.15, 0.2) is 18.2 Å². The molecule has 2 rings (SSSR count). The zero-order valence-electron chi connectivity index (χ0n) is 10.2. The van der Waals surface area contributed by atoms with Gasteiger partial charge in [0, 0.05) is 18.7 Å². The molecule has 1 aromatic carbocycles. The van der Waals surface area contributed by atoms with Gasteiger partial charge in [-0.15, -0.1) is 0 Å². The zero-order chi connectivity index (χ0) is 13.3. The van der Waals surface area contributed by atoms with E-state index in [2.05, 4.69) is 0 Å². The highest BCUT2D eigenvalue weighted by molar-refractivity contribution is 5.98. The minimum absolute atomic E-state index is 0.00522. The Kier molecular flexibility index (Phi) is 3.34. The van der Waals surface area contributed by atoms with Crippen LogP contribution in [0.4, 0.5) is 5.69 Å². The second kappa shape index (κ2) is 4.78. The molecule has 3 N–H and O–H groups in total. The molecule has 0 spiro atoms. The van der Waals surface area contributed by atoms with Crippen molar-refractivity contribution in [3.63, 3.8) is 0 Å². The molecular weight excluding hydrogens is 232 g/mol. The monoisotopic (exact) mass is 248 g/mol. The number of rotatable bonds is 3. The molecule has 1 saturated heterocycles. The molecule has 5 heteroatoms. The number of carbonyl (C=O) groups excluding carboxylic acids is 1. The van der Waals surface area contributed by atoms with Crippen molar-refractivity contribution >= 4 is 17.6 Å². The molecule has 1 heterocycles. The summed E-state index contributed by atoms with van der Waals surface area (Å²) in [5.74, 6) is -0.811. The van der Waals surface area contributed by atoms with Crippen LogP contribution in [0.5, 0.6) is 0 Å². The van der Waals surface area contributed by atoms with Crippen molar-refractivity contribution in [1.82, 2.24) is 0 Å². The van der Waals surface area contributed by atoms with Crippen molar-refractivity contribution in [1.29, 1.82) is 0 Å². The summed E-state index contributed by atoms with van der Waals surface area (Å²) in [6.07, 6.45) is 0.437. The number of anilines is 1. The van der Waals surface area contributed by atoms with Gasteiger partial charge in [-0.05, 0) is 37.1 Å². The van der Waals surface area contributed by atoms with E-state index in [1.165, 1.54) is 0 Å². The molecule has 0 bridgehead atoms. The van der Waals surface area contributed by atoms with Crippen molar-refractivity contribution in [3.05, 3.63) is 29.3 Å². The molecular formula is C13H16N2O3. The number of carboxylic acids is 1. The van der Waals surface area contributed by atoms with Crippen molar-refractivity contribution in [3.8, 4) is 0 Å². The van der Waals surface area contributed by atoms with E-state index in [1.807, 2.05) is 0 Å². The normalized spacial score (nSPS) is 19.3. The van der Waals surface area contributed by atoms with Gasteiger partial charge in [0.05, 0.1) is 5.56 Å². The lowest BCUT2D eigenvalue weighted by Crippen LogP contribution is -2.26. The SMILES string of the molecule is Cc1ccc(N2CC(CN)CC2=O)cc1C(=O)O. The minimum Gasteiger partial charge on any atom is -0.478 e. The van der Waals surface area contributed by atoms with Gasteiger partial charge in [0.25, 0.3) is 0 Å². The van der Waals surface area contributed by atoms with Crippen LogP contribution in [0, 0.1) is 12.8 Å². The second-order valence-electron chi connectivity index (χ2n) is 4.61. The molecule has 1 amide bonds. The second-order valence-corrected chi connectivity index (χ2v) is 4.61. The molecule has 5 nitrogen and oxygen atoms in total. The molecule has 96 valence electrons. The number of hydrogen-bond donors (Lipinski definition) is 2. The predicted molar refractivity (Wildman–Crippen MR) is 67.7 cm³/mol. The minimum atomic E-state index is -0.976. The van der Waals surface area contributed by atoms with E-state index in [9.17, 15) is 9.59 Å². The summed E-state index contributed by atoms with van der Waals surface area (Å²) < 4.78 is 0. The summed E-state index contributed by atoms with van der Waals surface area (Å²) in [6, 6.07) is 5.05. The smallest absolute Gasteiger partial charge is 0.336 e. The number of aryl methyl sites for hydroxylation is 1. The Labute approximate surface area is 105 Å². The van der Waals surface area contributed by atoms with E-state index in [1.54, 1.807) is 30.0 Å². The van der Waals surface area contributed by atoms with Crippen LogP contribution < -0.4 is 10.6 Å². The highest BCUT2D eigenvalue weighted by Crippen LogP contribution is 2.26. The average Bonchev–Trinajstić information content (AvgIpc) is 2.71. The molecule has 0 saturated carbocycles. The number of hydrogen-bond acceptors (Lipinski definition) is 3. The average molecular weight is 248 g/mol. The van der Waals surface area contributed by atoms with Gasteiger partial charge in [-0.3, -0.25) is 4.79 Å². The number of nitrogens with two attached hydrogens (primary N) is 1. The third-order valence-corrected chi connectivity index (χ3v) is 3.30. The van der Waals surface area contributed by atoms with Crippen molar-refractivity contribution in [2.45, 2.75) is 13.3 Å². The highest BCUT2D eigenvalue weighted by atomic mass is 16.4. The largest absolute Gasteiger partial charge is 0.478 e. The molecule has 0 aliphatic carbocycles. The summed E-state index contributed by atoms with van der Waals surface area (Å²) in [6.45, 7) is 2.78. The fourth-order valence-corrected chi connectivity index (χ4v) is 2.20. The Morgan fingerprint density at radius 1 is 1.56 bits per heavy atom. The van der Waals surface area contributed by atoms with Gasteiger partial charge in [0.15, 0.2) is 0 Å². The quantitative estimate of drug-likeness (QED) is 0.836. The maximum absolute atomic E-state index is 11.8. The number of amides is 1. The molecule has 1 unspecified atom stereocenters. The first-order valence-electron chi connectivity index (χ1n) is 5.87. The number of aromatic carboxylic acids is 1. The third kappa shape index (κ3) is 2.22. The van der Waals surface area contributed by atoms with Crippen LogP contribution in [0.2, 0.25) is 0 Å². The summed E-state index contributed by atoms with van der Waals surface area (Å²) in [7, 11) is 0. The van der Waals surface area contributed by atoms with E-state index in [0.29, 0.717) is 30.8 Å². The topological polar surface area (TPSA) is 83.6 Å². The lowest BCUT2D eigenvalue weighted by atomic mass is 10.1. The van der Waals surface area contributed by atoms with Gasteiger partial charge in [-0.1, -0.05) is 6.07 Å². The van der Waals surface area contributed by atoms with Gasteiger partial charge in [0.1, 0.15) is 0 Å². The van der Waals surface area contributed by atoms with E-state index >= 15 is 0 Å². The van der Waals surface area contributed by atoms with Crippen LogP contribution in [0.1, 0.15) is 22.3 Å². The highest BCUT2D eigenvalue weighted by Gasteiger charge is 2.30. The number of carboxylic acid groups (broad SMARTS) is 1. The third-order valence-electron chi connectivity index (χ3n) is 3.30. The van der Waals surface area contributed by atoms with Crippen LogP contribution in [0.3, 0.4) is 0 Å². The summed E-state index contributed by atoms with van der Waals surface area (Å²) in [5, 5.41) is 9.07. The van der Waals surface area contributed by atoms with Crippen LogP contribution in [-0.4, -0.2) is 30.1 Å². The summed E-state index contributed by atoms with van der Waals surface area (Å²) in [5.41, 5.74) is 7.12.